The quantitative estimate of drug-likeness (QED) is 0.570. The number of aliphatic hydroxyl groups is 1. The molecular weight excluding hydrogens is 410 g/mol. The zero-order chi connectivity index (χ0) is 22.5. The Balaban J connectivity index is 1.25. The molecule has 3 atom stereocenters. The first-order chi connectivity index (χ1) is 15.5. The van der Waals surface area contributed by atoms with E-state index in [-0.39, 0.29) is 18.6 Å². The van der Waals surface area contributed by atoms with Crippen LogP contribution in [0.3, 0.4) is 0 Å². The number of benzene rings is 2. The molecule has 172 valence electrons. The molecule has 2 heterocycles. The van der Waals surface area contributed by atoms with Gasteiger partial charge in [-0.1, -0.05) is 30.3 Å². The maximum absolute atomic E-state index is 12.1. The zero-order valence-corrected chi connectivity index (χ0v) is 18.3. The molecule has 2 aliphatic rings. The first kappa shape index (κ1) is 22.4. The van der Waals surface area contributed by atoms with E-state index in [1.54, 1.807) is 25.3 Å². The van der Waals surface area contributed by atoms with Gasteiger partial charge in [0, 0.05) is 31.7 Å². The molecule has 0 aliphatic carbocycles. The number of likely N-dealkylation sites (tertiary alicyclic amines) is 1. The second kappa shape index (κ2) is 10.2. The molecule has 2 aromatic rings. The van der Waals surface area contributed by atoms with E-state index in [0.29, 0.717) is 23.8 Å². The molecule has 0 saturated carbocycles. The van der Waals surface area contributed by atoms with Gasteiger partial charge in [-0.25, -0.2) is 0 Å². The van der Waals surface area contributed by atoms with Gasteiger partial charge < -0.3 is 30.4 Å². The van der Waals surface area contributed by atoms with Crippen LogP contribution in [0.1, 0.15) is 24.4 Å². The number of nitrogens with two attached hydrogens (primary N) is 1. The van der Waals surface area contributed by atoms with Gasteiger partial charge >= 0.3 is 0 Å². The lowest BCUT2D eigenvalue weighted by Crippen LogP contribution is -2.50. The number of nitrogens with zero attached hydrogens (tertiary/aromatic N) is 1. The number of piperidine rings is 1. The summed E-state index contributed by atoms with van der Waals surface area (Å²) in [5, 5.41) is 14.1. The monoisotopic (exact) mass is 441 g/mol. The summed E-state index contributed by atoms with van der Waals surface area (Å²) in [6.07, 6.45) is 0.592. The van der Waals surface area contributed by atoms with Crippen molar-refractivity contribution in [2.45, 2.75) is 37.1 Å². The lowest BCUT2D eigenvalue weighted by molar-refractivity contribution is -0.124. The number of amides is 1. The molecule has 32 heavy (non-hydrogen) atoms. The van der Waals surface area contributed by atoms with Crippen molar-refractivity contribution in [1.29, 1.82) is 0 Å². The highest BCUT2D eigenvalue weighted by Gasteiger charge is 2.31. The lowest BCUT2D eigenvalue weighted by atomic mass is 9.98. The molecule has 0 bridgehead atoms. The van der Waals surface area contributed by atoms with Crippen LogP contribution in [0.5, 0.6) is 17.2 Å². The van der Waals surface area contributed by atoms with Crippen molar-refractivity contribution in [3.63, 3.8) is 0 Å². The summed E-state index contributed by atoms with van der Waals surface area (Å²) in [5.41, 5.74) is 6.63. The second-order valence-electron chi connectivity index (χ2n) is 8.28. The minimum atomic E-state index is -0.703. The van der Waals surface area contributed by atoms with Crippen molar-refractivity contribution >= 4 is 5.91 Å². The lowest BCUT2D eigenvalue weighted by Gasteiger charge is -2.37. The SMILES string of the molecule is COc1ccc2c(c1)OCC(C(O)CNC1CCN(C(C(N)=O)c3ccccc3)CC1)O2. The van der Waals surface area contributed by atoms with Gasteiger partial charge in [-0.2, -0.15) is 0 Å². The van der Waals surface area contributed by atoms with E-state index in [4.69, 9.17) is 19.9 Å². The van der Waals surface area contributed by atoms with Crippen LogP contribution in [0, 0.1) is 0 Å². The second-order valence-corrected chi connectivity index (χ2v) is 8.28. The summed E-state index contributed by atoms with van der Waals surface area (Å²) in [6.45, 7) is 2.20. The molecule has 3 unspecified atom stereocenters. The molecule has 8 heteroatoms. The topological polar surface area (TPSA) is 106 Å². The number of primary amides is 1. The van der Waals surface area contributed by atoms with Crippen LogP contribution in [-0.2, 0) is 4.79 Å². The van der Waals surface area contributed by atoms with Gasteiger partial charge in [0.1, 0.15) is 24.5 Å². The number of hydrogen-bond acceptors (Lipinski definition) is 7. The van der Waals surface area contributed by atoms with Gasteiger partial charge in [-0.15, -0.1) is 0 Å². The molecule has 2 aromatic carbocycles. The number of rotatable bonds is 8. The van der Waals surface area contributed by atoms with Gasteiger partial charge in [0.25, 0.3) is 0 Å². The summed E-state index contributed by atoms with van der Waals surface area (Å²) in [4.78, 5) is 14.2. The molecule has 2 aliphatic heterocycles. The fraction of sp³-hybridized carbons (Fsp3) is 0.458. The third kappa shape index (κ3) is 5.15. The highest BCUT2D eigenvalue weighted by molar-refractivity contribution is 5.81. The fourth-order valence-electron chi connectivity index (χ4n) is 4.36. The van der Waals surface area contributed by atoms with Crippen LogP contribution in [-0.4, -0.2) is 67.5 Å². The van der Waals surface area contributed by atoms with E-state index in [1.165, 1.54) is 0 Å². The van der Waals surface area contributed by atoms with Crippen LogP contribution >= 0.6 is 0 Å². The molecule has 4 N–H and O–H groups in total. The first-order valence-electron chi connectivity index (χ1n) is 11.0. The van der Waals surface area contributed by atoms with Crippen LogP contribution < -0.4 is 25.3 Å². The smallest absolute Gasteiger partial charge is 0.239 e. The normalized spacial score (nSPS) is 21.0. The zero-order valence-electron chi connectivity index (χ0n) is 18.3. The number of carbonyl (C=O) groups is 1. The molecule has 0 spiro atoms. The van der Waals surface area contributed by atoms with Crippen molar-refractivity contribution in [2.75, 3.05) is 33.4 Å². The van der Waals surface area contributed by atoms with Gasteiger partial charge in [0.15, 0.2) is 17.6 Å². The first-order valence-corrected chi connectivity index (χ1v) is 11.0. The van der Waals surface area contributed by atoms with Gasteiger partial charge in [0.2, 0.25) is 5.91 Å². The van der Waals surface area contributed by atoms with E-state index in [1.807, 2.05) is 30.3 Å². The number of ether oxygens (including phenoxy) is 3. The van der Waals surface area contributed by atoms with E-state index in [2.05, 4.69) is 10.2 Å². The number of methoxy groups -OCH3 is 1. The average molecular weight is 442 g/mol. The van der Waals surface area contributed by atoms with Crippen LogP contribution in [0.2, 0.25) is 0 Å². The van der Waals surface area contributed by atoms with Crippen molar-refractivity contribution < 1.29 is 24.1 Å². The predicted octanol–water partition coefficient (Wildman–Crippen LogP) is 1.48. The standard InChI is InChI=1S/C24H31N3O5/c1-30-18-7-8-20-21(13-18)31-15-22(32-20)19(28)14-26-17-9-11-27(12-10-17)23(24(25)29)16-5-3-2-4-6-16/h2-8,13,17,19,22-23,26,28H,9-12,14-15H2,1H3,(H2,25,29). The Labute approximate surface area is 188 Å². The largest absolute Gasteiger partial charge is 0.497 e. The third-order valence-corrected chi connectivity index (χ3v) is 6.16. The summed E-state index contributed by atoms with van der Waals surface area (Å²) >= 11 is 0. The Morgan fingerprint density at radius 2 is 1.97 bits per heavy atom. The van der Waals surface area contributed by atoms with Gasteiger partial charge in [-0.05, 0) is 30.5 Å². The Bertz CT molecular complexity index is 902. The van der Waals surface area contributed by atoms with Crippen molar-refractivity contribution in [1.82, 2.24) is 10.2 Å². The number of fused-ring (bicyclic) bond motifs is 1. The van der Waals surface area contributed by atoms with Crippen LogP contribution in [0.4, 0.5) is 0 Å². The minimum absolute atomic E-state index is 0.256. The summed E-state index contributed by atoms with van der Waals surface area (Å²) < 4.78 is 16.9. The van der Waals surface area contributed by atoms with Gasteiger partial charge in [0.05, 0.1) is 7.11 Å². The van der Waals surface area contributed by atoms with E-state index >= 15 is 0 Å². The highest BCUT2D eigenvalue weighted by atomic mass is 16.6. The molecule has 1 amide bonds. The number of carbonyl (C=O) groups excluding carboxylic acids is 1. The van der Waals surface area contributed by atoms with Crippen molar-refractivity contribution in [2.24, 2.45) is 5.73 Å². The Kier molecular flexibility index (Phi) is 7.14. The number of aliphatic hydroxyl groups excluding tert-OH is 1. The number of nitrogens with one attached hydrogen (secondary N) is 1. The Hall–Kier alpha value is -2.81. The summed E-state index contributed by atoms with van der Waals surface area (Å²) in [7, 11) is 1.60. The van der Waals surface area contributed by atoms with Crippen LogP contribution in [0.15, 0.2) is 48.5 Å². The van der Waals surface area contributed by atoms with Gasteiger partial charge in [-0.3, -0.25) is 9.69 Å². The Morgan fingerprint density at radius 3 is 2.66 bits per heavy atom. The predicted molar refractivity (Wildman–Crippen MR) is 120 cm³/mol. The van der Waals surface area contributed by atoms with E-state index < -0.39 is 18.2 Å². The Morgan fingerprint density at radius 1 is 1.22 bits per heavy atom. The molecular formula is C24H31N3O5. The van der Waals surface area contributed by atoms with Crippen molar-refractivity contribution in [3.8, 4) is 17.2 Å². The minimum Gasteiger partial charge on any atom is -0.497 e. The summed E-state index contributed by atoms with van der Waals surface area (Å²) in [6, 6.07) is 14.9. The molecule has 0 radical (unpaired) electrons. The van der Waals surface area contributed by atoms with E-state index in [9.17, 15) is 9.90 Å². The summed E-state index contributed by atoms with van der Waals surface area (Å²) in [5.74, 6) is 1.60. The molecule has 1 fully saturated rings. The maximum Gasteiger partial charge on any atom is 0.239 e. The van der Waals surface area contributed by atoms with Crippen LogP contribution in [0.25, 0.3) is 0 Å². The third-order valence-electron chi connectivity index (χ3n) is 6.16. The number of hydrogen-bond donors (Lipinski definition) is 3. The fourth-order valence-corrected chi connectivity index (χ4v) is 4.36. The molecule has 0 aromatic heterocycles. The van der Waals surface area contributed by atoms with Crippen molar-refractivity contribution in [3.05, 3.63) is 54.1 Å². The maximum atomic E-state index is 12.1. The molecule has 1 saturated heterocycles. The van der Waals surface area contributed by atoms with E-state index in [0.717, 1.165) is 31.5 Å². The average Bonchev–Trinajstić information content (AvgIpc) is 2.83. The molecule has 4 rings (SSSR count). The molecule has 8 nitrogen and oxygen atoms in total. The highest BCUT2D eigenvalue weighted by Crippen LogP contribution is 2.35.